The number of hydrogen-bond acceptors (Lipinski definition) is 7. The third-order valence-electron chi connectivity index (χ3n) is 5.53. The summed E-state index contributed by atoms with van der Waals surface area (Å²) in [6.07, 6.45) is 3.21. The van der Waals surface area contributed by atoms with Gasteiger partial charge in [-0.2, -0.15) is 0 Å². The van der Waals surface area contributed by atoms with Crippen molar-refractivity contribution in [3.63, 3.8) is 0 Å². The van der Waals surface area contributed by atoms with E-state index in [1.807, 2.05) is 18.2 Å². The van der Waals surface area contributed by atoms with E-state index in [0.717, 1.165) is 23.0 Å². The molecule has 4 N–H and O–H groups in total. The second-order valence-electron chi connectivity index (χ2n) is 8.07. The normalized spacial score (nSPS) is 13.7. The number of fused-ring (bicyclic) bond motifs is 2. The molecule has 0 fully saturated rings. The van der Waals surface area contributed by atoms with Crippen LogP contribution in [0.2, 0.25) is 0 Å². The van der Waals surface area contributed by atoms with Gasteiger partial charge in [0.2, 0.25) is 0 Å². The SMILES string of the molecule is COc1cc(NC(C)CCCN2C(=O)c3ccccc3C2=O)c2ncccc2c1OC.O=P(O)(O)O. The van der Waals surface area contributed by atoms with Crippen molar-refractivity contribution in [3.8, 4) is 11.5 Å². The number of carbonyl (C=O) groups excluding carboxylic acids is 2. The molecule has 36 heavy (non-hydrogen) atoms. The number of anilines is 1. The molecule has 0 radical (unpaired) electrons. The van der Waals surface area contributed by atoms with E-state index in [4.69, 9.17) is 28.7 Å². The Labute approximate surface area is 207 Å². The summed E-state index contributed by atoms with van der Waals surface area (Å²) < 4.78 is 19.9. The topological polar surface area (TPSA) is 159 Å². The zero-order valence-electron chi connectivity index (χ0n) is 20.0. The van der Waals surface area contributed by atoms with Crippen LogP contribution in [-0.4, -0.2) is 63.2 Å². The average Bonchev–Trinajstić information content (AvgIpc) is 3.08. The van der Waals surface area contributed by atoms with Crippen molar-refractivity contribution in [2.75, 3.05) is 26.1 Å². The predicted molar refractivity (Wildman–Crippen MR) is 133 cm³/mol. The van der Waals surface area contributed by atoms with Crippen LogP contribution in [0.1, 0.15) is 40.5 Å². The highest BCUT2D eigenvalue weighted by molar-refractivity contribution is 7.45. The number of nitrogens with zero attached hydrogens (tertiary/aromatic N) is 2. The van der Waals surface area contributed by atoms with Crippen molar-refractivity contribution in [2.24, 2.45) is 0 Å². The zero-order chi connectivity index (χ0) is 26.5. The Morgan fingerprint density at radius 3 is 2.19 bits per heavy atom. The lowest BCUT2D eigenvalue weighted by atomic mass is 10.1. The van der Waals surface area contributed by atoms with Gasteiger partial charge in [-0.15, -0.1) is 0 Å². The van der Waals surface area contributed by atoms with Crippen LogP contribution in [0, 0.1) is 0 Å². The fourth-order valence-electron chi connectivity index (χ4n) is 4.01. The molecule has 2 aromatic carbocycles. The molecule has 0 aliphatic carbocycles. The van der Waals surface area contributed by atoms with Crippen LogP contribution in [-0.2, 0) is 4.57 Å². The maximum Gasteiger partial charge on any atom is 0.466 e. The van der Waals surface area contributed by atoms with Crippen LogP contribution in [0.5, 0.6) is 11.5 Å². The first-order valence-corrected chi connectivity index (χ1v) is 12.6. The molecule has 2 amide bonds. The Morgan fingerprint density at radius 2 is 1.64 bits per heavy atom. The van der Waals surface area contributed by atoms with Gasteiger partial charge >= 0.3 is 7.82 Å². The first kappa shape index (κ1) is 27.1. The number of ether oxygens (including phenoxy) is 2. The van der Waals surface area contributed by atoms with E-state index < -0.39 is 7.82 Å². The molecule has 0 saturated carbocycles. The van der Waals surface area contributed by atoms with Crippen molar-refractivity contribution in [2.45, 2.75) is 25.8 Å². The van der Waals surface area contributed by atoms with Crippen molar-refractivity contribution in [1.82, 2.24) is 9.88 Å². The minimum absolute atomic E-state index is 0.0958. The van der Waals surface area contributed by atoms with E-state index in [1.54, 1.807) is 44.7 Å². The van der Waals surface area contributed by atoms with Gasteiger partial charge in [-0.05, 0) is 44.0 Å². The predicted octanol–water partition coefficient (Wildman–Crippen LogP) is 3.20. The third kappa shape index (κ3) is 6.38. The molecule has 1 unspecified atom stereocenters. The summed E-state index contributed by atoms with van der Waals surface area (Å²) in [7, 11) is -1.42. The summed E-state index contributed by atoms with van der Waals surface area (Å²) in [6.45, 7) is 2.46. The van der Waals surface area contributed by atoms with Crippen molar-refractivity contribution in [1.29, 1.82) is 0 Å². The van der Waals surface area contributed by atoms with Crippen molar-refractivity contribution in [3.05, 3.63) is 59.8 Å². The Bertz CT molecular complexity index is 1270. The monoisotopic (exact) mass is 517 g/mol. The number of benzene rings is 2. The summed E-state index contributed by atoms with van der Waals surface area (Å²) in [6, 6.07) is 12.8. The first-order valence-electron chi connectivity index (χ1n) is 11.0. The molecule has 0 saturated heterocycles. The molecular weight excluding hydrogens is 489 g/mol. The van der Waals surface area contributed by atoms with Gasteiger partial charge in [-0.3, -0.25) is 19.5 Å². The molecule has 12 heteroatoms. The number of rotatable bonds is 8. The number of pyridine rings is 1. The Morgan fingerprint density at radius 1 is 1.03 bits per heavy atom. The number of amides is 2. The molecule has 11 nitrogen and oxygen atoms in total. The average molecular weight is 517 g/mol. The van der Waals surface area contributed by atoms with Crippen LogP contribution in [0.15, 0.2) is 48.7 Å². The van der Waals surface area contributed by atoms with E-state index in [1.165, 1.54) is 4.90 Å². The second kappa shape index (κ2) is 11.5. The van der Waals surface area contributed by atoms with Gasteiger partial charge in [0.25, 0.3) is 11.8 Å². The number of imide groups is 1. The van der Waals surface area contributed by atoms with E-state index in [2.05, 4.69) is 17.2 Å². The number of hydrogen-bond donors (Lipinski definition) is 4. The minimum Gasteiger partial charge on any atom is -0.493 e. The molecule has 192 valence electrons. The van der Waals surface area contributed by atoms with Crippen LogP contribution < -0.4 is 14.8 Å². The number of phosphoric acid groups is 1. The molecule has 1 aromatic heterocycles. The molecule has 1 aliphatic rings. The van der Waals surface area contributed by atoms with Crippen LogP contribution in [0.4, 0.5) is 5.69 Å². The summed E-state index contributed by atoms with van der Waals surface area (Å²) in [5.74, 6) is 0.853. The summed E-state index contributed by atoms with van der Waals surface area (Å²) in [5.41, 5.74) is 2.62. The van der Waals surface area contributed by atoms with Gasteiger partial charge in [-0.25, -0.2) is 4.57 Å². The molecular formula is C24H28N3O8P. The van der Waals surface area contributed by atoms with Crippen molar-refractivity contribution >= 4 is 36.2 Å². The van der Waals surface area contributed by atoms with Gasteiger partial charge in [0.05, 0.1) is 36.6 Å². The zero-order valence-corrected chi connectivity index (χ0v) is 20.9. The third-order valence-corrected chi connectivity index (χ3v) is 5.53. The first-order chi connectivity index (χ1) is 17.0. The lowest BCUT2D eigenvalue weighted by Crippen LogP contribution is -2.31. The minimum atomic E-state index is -4.64. The van der Waals surface area contributed by atoms with Gasteiger partial charge in [0, 0.05) is 30.2 Å². The lowest BCUT2D eigenvalue weighted by Gasteiger charge is -2.20. The van der Waals surface area contributed by atoms with Crippen LogP contribution in [0.3, 0.4) is 0 Å². The smallest absolute Gasteiger partial charge is 0.466 e. The highest BCUT2D eigenvalue weighted by Gasteiger charge is 2.34. The van der Waals surface area contributed by atoms with Gasteiger partial charge in [0.15, 0.2) is 11.5 Å². The van der Waals surface area contributed by atoms with E-state index >= 15 is 0 Å². The van der Waals surface area contributed by atoms with Crippen LogP contribution >= 0.6 is 7.82 Å². The summed E-state index contributed by atoms with van der Waals surface area (Å²) >= 11 is 0. The second-order valence-corrected chi connectivity index (χ2v) is 9.09. The fraction of sp³-hybridized carbons (Fsp3) is 0.292. The molecule has 3 aromatic rings. The largest absolute Gasteiger partial charge is 0.493 e. The lowest BCUT2D eigenvalue weighted by molar-refractivity contribution is 0.0651. The summed E-state index contributed by atoms with van der Waals surface area (Å²) in [5, 5.41) is 4.36. The Balaban J connectivity index is 0.000000658. The number of nitrogens with one attached hydrogen (secondary N) is 1. The summed E-state index contributed by atoms with van der Waals surface area (Å²) in [4.78, 5) is 52.4. The molecule has 4 rings (SSSR count). The van der Waals surface area contributed by atoms with E-state index in [-0.39, 0.29) is 17.9 Å². The molecule has 2 heterocycles. The Kier molecular flexibility index (Phi) is 8.65. The molecule has 0 spiro atoms. The highest BCUT2D eigenvalue weighted by atomic mass is 31.2. The van der Waals surface area contributed by atoms with Crippen molar-refractivity contribution < 1.29 is 38.3 Å². The maximum atomic E-state index is 12.5. The number of methoxy groups -OCH3 is 2. The van der Waals surface area contributed by atoms with E-state index in [0.29, 0.717) is 35.6 Å². The van der Waals surface area contributed by atoms with Gasteiger partial charge in [-0.1, -0.05) is 12.1 Å². The quantitative estimate of drug-likeness (QED) is 0.258. The standard InChI is InChI=1S/C24H25N3O4.H3O4P/c1-15(8-7-13-27-23(28)16-9-4-5-10-17(16)24(27)29)26-19-14-20(30-2)22(31-3)18-11-6-12-25-21(18)19;1-5(2,3)4/h4-6,9-12,14-15,26H,7-8,13H2,1-3H3;(H3,1,2,3,4). The van der Waals surface area contributed by atoms with E-state index in [9.17, 15) is 9.59 Å². The number of aromatic nitrogens is 1. The van der Waals surface area contributed by atoms with Gasteiger partial charge in [0.1, 0.15) is 0 Å². The number of carbonyl (C=O) groups is 2. The molecule has 0 bridgehead atoms. The molecule has 1 atom stereocenters. The fourth-order valence-corrected chi connectivity index (χ4v) is 4.01. The maximum absolute atomic E-state index is 12.5. The van der Waals surface area contributed by atoms with Gasteiger partial charge < -0.3 is 29.5 Å². The molecule has 1 aliphatic heterocycles. The Hall–Kier alpha value is -3.50. The van der Waals surface area contributed by atoms with Crippen LogP contribution in [0.25, 0.3) is 10.9 Å². The highest BCUT2D eigenvalue weighted by Crippen LogP contribution is 2.39.